The first-order chi connectivity index (χ1) is 12.6. The molecule has 0 amide bonds. The Balaban J connectivity index is 1.72. The van der Waals surface area contributed by atoms with Crippen molar-refractivity contribution >= 4 is 34.5 Å². The Morgan fingerprint density at radius 3 is 2.38 bits per heavy atom. The molecular formula is C22H20N2OS. The van der Waals surface area contributed by atoms with E-state index in [1.54, 1.807) is 19.1 Å². The molecular weight excluding hydrogens is 340 g/mol. The molecule has 0 heterocycles. The highest BCUT2D eigenvalue weighted by Gasteiger charge is 2.06. The van der Waals surface area contributed by atoms with Gasteiger partial charge in [-0.25, -0.2) is 0 Å². The lowest BCUT2D eigenvalue weighted by atomic mass is 10.0. The van der Waals surface area contributed by atoms with Crippen LogP contribution in [0.15, 0.2) is 78.9 Å². The molecule has 3 aromatic rings. The van der Waals surface area contributed by atoms with Crippen molar-refractivity contribution in [3.05, 3.63) is 95.6 Å². The van der Waals surface area contributed by atoms with Crippen LogP contribution in [0.4, 0.5) is 11.4 Å². The molecule has 0 radical (unpaired) electrons. The van der Waals surface area contributed by atoms with Crippen LogP contribution in [-0.4, -0.2) is 10.9 Å². The summed E-state index contributed by atoms with van der Waals surface area (Å²) in [6.45, 7) is 1.55. The van der Waals surface area contributed by atoms with E-state index in [1.165, 1.54) is 11.1 Å². The predicted octanol–water partition coefficient (Wildman–Crippen LogP) is 5.29. The molecule has 3 aromatic carbocycles. The average molecular weight is 360 g/mol. The molecule has 0 saturated heterocycles. The Morgan fingerprint density at radius 2 is 1.62 bits per heavy atom. The van der Waals surface area contributed by atoms with Crippen molar-refractivity contribution in [2.24, 2.45) is 0 Å². The van der Waals surface area contributed by atoms with Crippen molar-refractivity contribution in [1.29, 1.82) is 0 Å². The van der Waals surface area contributed by atoms with Gasteiger partial charge in [0.15, 0.2) is 10.9 Å². The second kappa shape index (κ2) is 8.41. The molecule has 130 valence electrons. The van der Waals surface area contributed by atoms with Gasteiger partial charge in [0, 0.05) is 16.9 Å². The van der Waals surface area contributed by atoms with Crippen LogP contribution in [-0.2, 0) is 6.42 Å². The Morgan fingerprint density at radius 1 is 0.885 bits per heavy atom. The van der Waals surface area contributed by atoms with Crippen LogP contribution < -0.4 is 10.6 Å². The number of para-hydroxylation sites is 1. The molecule has 3 nitrogen and oxygen atoms in total. The lowest BCUT2D eigenvalue weighted by Crippen LogP contribution is -2.20. The number of ketones is 1. The summed E-state index contributed by atoms with van der Waals surface area (Å²) in [5.41, 5.74) is 4.82. The summed E-state index contributed by atoms with van der Waals surface area (Å²) in [7, 11) is 0. The Bertz CT molecular complexity index is 922. The van der Waals surface area contributed by atoms with Crippen LogP contribution in [0, 0.1) is 0 Å². The van der Waals surface area contributed by atoms with E-state index in [1.807, 2.05) is 48.5 Å². The first-order valence-electron chi connectivity index (χ1n) is 8.42. The summed E-state index contributed by atoms with van der Waals surface area (Å²) in [4.78, 5) is 11.5. The van der Waals surface area contributed by atoms with Crippen LogP contribution in [0.5, 0.6) is 0 Å². The normalized spacial score (nSPS) is 10.2. The minimum atomic E-state index is 0.0285. The van der Waals surface area contributed by atoms with E-state index in [2.05, 4.69) is 28.8 Å². The zero-order valence-corrected chi connectivity index (χ0v) is 15.3. The maximum atomic E-state index is 11.5. The van der Waals surface area contributed by atoms with Crippen molar-refractivity contribution in [2.45, 2.75) is 13.3 Å². The summed E-state index contributed by atoms with van der Waals surface area (Å²) < 4.78 is 0. The Hall–Kier alpha value is -2.98. The summed E-state index contributed by atoms with van der Waals surface area (Å²) in [5.74, 6) is 0.0285. The number of hydrogen-bond donors (Lipinski definition) is 2. The SMILES string of the molecule is CC(=O)c1cccc(NC(=S)Nc2ccccc2Cc2ccccc2)c1. The van der Waals surface area contributed by atoms with Gasteiger partial charge in [-0.3, -0.25) is 4.79 Å². The lowest BCUT2D eigenvalue weighted by Gasteiger charge is -2.14. The summed E-state index contributed by atoms with van der Waals surface area (Å²) in [6, 6.07) is 25.7. The zero-order valence-electron chi connectivity index (χ0n) is 14.5. The molecule has 0 bridgehead atoms. The van der Waals surface area contributed by atoms with Gasteiger partial charge in [0.25, 0.3) is 0 Å². The fourth-order valence-electron chi connectivity index (χ4n) is 2.71. The lowest BCUT2D eigenvalue weighted by molar-refractivity contribution is 0.101. The molecule has 4 heteroatoms. The van der Waals surface area contributed by atoms with Gasteiger partial charge in [-0.1, -0.05) is 60.7 Å². The van der Waals surface area contributed by atoms with E-state index in [4.69, 9.17) is 12.2 Å². The van der Waals surface area contributed by atoms with E-state index < -0.39 is 0 Å². The summed E-state index contributed by atoms with van der Waals surface area (Å²) in [6.07, 6.45) is 0.826. The summed E-state index contributed by atoms with van der Waals surface area (Å²) >= 11 is 5.44. The smallest absolute Gasteiger partial charge is 0.175 e. The maximum absolute atomic E-state index is 11.5. The summed E-state index contributed by atoms with van der Waals surface area (Å²) in [5, 5.41) is 6.90. The topological polar surface area (TPSA) is 41.1 Å². The van der Waals surface area contributed by atoms with E-state index in [-0.39, 0.29) is 5.78 Å². The van der Waals surface area contributed by atoms with Gasteiger partial charge in [-0.05, 0) is 54.9 Å². The van der Waals surface area contributed by atoms with Gasteiger partial charge < -0.3 is 10.6 Å². The largest absolute Gasteiger partial charge is 0.332 e. The first kappa shape index (κ1) is 17.8. The molecule has 0 fully saturated rings. The number of rotatable bonds is 5. The molecule has 0 unspecified atom stereocenters. The highest BCUT2D eigenvalue weighted by Crippen LogP contribution is 2.20. The van der Waals surface area contributed by atoms with E-state index in [0.29, 0.717) is 10.7 Å². The van der Waals surface area contributed by atoms with E-state index >= 15 is 0 Å². The molecule has 0 atom stereocenters. The number of carbonyl (C=O) groups excluding carboxylic acids is 1. The van der Waals surface area contributed by atoms with Crippen LogP contribution in [0.3, 0.4) is 0 Å². The molecule has 0 spiro atoms. The number of Topliss-reactive ketones (excluding diaryl/α,β-unsaturated/α-hetero) is 1. The standard InChI is InChI=1S/C22H20N2OS/c1-16(25)18-11-7-12-20(15-18)23-22(26)24-21-13-6-5-10-19(21)14-17-8-3-2-4-9-17/h2-13,15H,14H2,1H3,(H2,23,24,26). The zero-order chi connectivity index (χ0) is 18.4. The van der Waals surface area contributed by atoms with Gasteiger partial charge in [0.1, 0.15) is 0 Å². The van der Waals surface area contributed by atoms with Crippen molar-refractivity contribution in [3.8, 4) is 0 Å². The third kappa shape index (κ3) is 4.77. The minimum Gasteiger partial charge on any atom is -0.332 e. The second-order valence-electron chi connectivity index (χ2n) is 6.04. The number of anilines is 2. The van der Waals surface area contributed by atoms with E-state index in [9.17, 15) is 4.79 Å². The molecule has 0 aliphatic rings. The van der Waals surface area contributed by atoms with Crippen LogP contribution >= 0.6 is 12.2 Å². The molecule has 0 saturated carbocycles. The van der Waals surface area contributed by atoms with Gasteiger partial charge >= 0.3 is 0 Å². The third-order valence-corrected chi connectivity index (χ3v) is 4.23. The number of nitrogens with one attached hydrogen (secondary N) is 2. The fourth-order valence-corrected chi connectivity index (χ4v) is 2.94. The highest BCUT2D eigenvalue weighted by atomic mass is 32.1. The van der Waals surface area contributed by atoms with Crippen molar-refractivity contribution in [3.63, 3.8) is 0 Å². The van der Waals surface area contributed by atoms with E-state index in [0.717, 1.165) is 17.8 Å². The number of benzene rings is 3. The monoisotopic (exact) mass is 360 g/mol. The van der Waals surface area contributed by atoms with Gasteiger partial charge in [-0.15, -0.1) is 0 Å². The average Bonchev–Trinajstić information content (AvgIpc) is 2.64. The minimum absolute atomic E-state index is 0.0285. The van der Waals surface area contributed by atoms with Crippen molar-refractivity contribution in [2.75, 3.05) is 10.6 Å². The molecule has 3 rings (SSSR count). The number of thiocarbonyl (C=S) groups is 1. The van der Waals surface area contributed by atoms with Gasteiger partial charge in [-0.2, -0.15) is 0 Å². The van der Waals surface area contributed by atoms with Crippen molar-refractivity contribution in [1.82, 2.24) is 0 Å². The first-order valence-corrected chi connectivity index (χ1v) is 8.83. The van der Waals surface area contributed by atoms with Gasteiger partial charge in [0.2, 0.25) is 0 Å². The van der Waals surface area contributed by atoms with Crippen LogP contribution in [0.2, 0.25) is 0 Å². The second-order valence-corrected chi connectivity index (χ2v) is 6.44. The Labute approximate surface area is 159 Å². The van der Waals surface area contributed by atoms with Gasteiger partial charge in [0.05, 0.1) is 0 Å². The number of carbonyl (C=O) groups is 1. The number of hydrogen-bond acceptors (Lipinski definition) is 2. The molecule has 0 aliphatic heterocycles. The third-order valence-electron chi connectivity index (χ3n) is 4.03. The predicted molar refractivity (Wildman–Crippen MR) is 112 cm³/mol. The molecule has 0 aromatic heterocycles. The van der Waals surface area contributed by atoms with Crippen LogP contribution in [0.1, 0.15) is 28.4 Å². The Kier molecular flexibility index (Phi) is 5.77. The highest BCUT2D eigenvalue weighted by molar-refractivity contribution is 7.80. The molecule has 26 heavy (non-hydrogen) atoms. The quantitative estimate of drug-likeness (QED) is 0.479. The van der Waals surface area contributed by atoms with Crippen molar-refractivity contribution < 1.29 is 4.79 Å². The van der Waals surface area contributed by atoms with Crippen LogP contribution in [0.25, 0.3) is 0 Å². The maximum Gasteiger partial charge on any atom is 0.175 e. The molecule has 0 aliphatic carbocycles. The fraction of sp³-hybridized carbons (Fsp3) is 0.0909. The molecule has 2 N–H and O–H groups in total.